The minimum absolute atomic E-state index is 0.0130. The van der Waals surface area contributed by atoms with Gasteiger partial charge in [0, 0.05) is 25.0 Å². The Labute approximate surface area is 211 Å². The van der Waals surface area contributed by atoms with E-state index in [2.05, 4.69) is 16.0 Å². The molecule has 0 unspecified atom stereocenters. The van der Waals surface area contributed by atoms with Gasteiger partial charge in [-0.3, -0.25) is 4.79 Å². The molecule has 3 aliphatic rings. The van der Waals surface area contributed by atoms with E-state index >= 15 is 0 Å². The molecule has 1 amide bonds. The van der Waals surface area contributed by atoms with Gasteiger partial charge in [-0.25, -0.2) is 0 Å². The number of allylic oxidation sites excluding steroid dienone is 1. The van der Waals surface area contributed by atoms with Crippen molar-refractivity contribution in [3.8, 4) is 0 Å². The smallest absolute Gasteiger partial charge is 0.246 e. The number of amides is 1. The lowest BCUT2D eigenvalue weighted by Crippen LogP contribution is -2.67. The molecule has 0 bridgehead atoms. The van der Waals surface area contributed by atoms with Gasteiger partial charge in [-0.1, -0.05) is 6.92 Å². The molecule has 3 rings (SSSR count). The molecular weight excluding hydrogens is 476 g/mol. The van der Waals surface area contributed by atoms with E-state index in [0.29, 0.717) is 38.3 Å². The van der Waals surface area contributed by atoms with Crippen molar-refractivity contribution >= 4 is 5.91 Å². The van der Waals surface area contributed by atoms with Gasteiger partial charge in [-0.2, -0.15) is 0 Å². The lowest BCUT2D eigenvalue weighted by Gasteiger charge is -2.47. The molecule has 13 heteroatoms. The van der Waals surface area contributed by atoms with Crippen LogP contribution in [0.25, 0.3) is 0 Å². The van der Waals surface area contributed by atoms with E-state index in [1.54, 1.807) is 7.05 Å². The first kappa shape index (κ1) is 29.2. The van der Waals surface area contributed by atoms with E-state index in [4.69, 9.17) is 29.8 Å². The van der Waals surface area contributed by atoms with Gasteiger partial charge in [-0.15, -0.1) is 0 Å². The summed E-state index contributed by atoms with van der Waals surface area (Å²) in [5.74, 6) is 0.0680. The summed E-state index contributed by atoms with van der Waals surface area (Å²) in [5, 5.41) is 49.0. The van der Waals surface area contributed by atoms with Crippen LogP contribution in [0.15, 0.2) is 11.8 Å². The van der Waals surface area contributed by atoms with Crippen molar-refractivity contribution < 1.29 is 44.2 Å². The van der Waals surface area contributed by atoms with E-state index in [-0.39, 0.29) is 25.0 Å². The van der Waals surface area contributed by atoms with Crippen LogP contribution in [0.1, 0.15) is 26.2 Å². The van der Waals surface area contributed by atoms with Crippen LogP contribution in [0.5, 0.6) is 0 Å². The van der Waals surface area contributed by atoms with Crippen LogP contribution in [0, 0.1) is 5.92 Å². The molecule has 0 radical (unpaired) electrons. The third-order valence-electron chi connectivity index (χ3n) is 6.87. The Morgan fingerprint density at radius 2 is 2.00 bits per heavy atom. The average molecular weight is 519 g/mol. The molecule has 0 spiro atoms. The van der Waals surface area contributed by atoms with Crippen LogP contribution in [0.3, 0.4) is 0 Å². The summed E-state index contributed by atoms with van der Waals surface area (Å²) < 4.78 is 23.8. The highest BCUT2D eigenvalue weighted by Crippen LogP contribution is 2.31. The van der Waals surface area contributed by atoms with Crippen LogP contribution in [-0.4, -0.2) is 121 Å². The third-order valence-corrected chi connectivity index (χ3v) is 6.87. The number of aliphatic hydroxyl groups is 4. The Hall–Kier alpha value is -1.39. The molecule has 13 nitrogen and oxygen atoms in total. The first-order chi connectivity index (χ1) is 17.3. The van der Waals surface area contributed by atoms with Gasteiger partial charge in [-0.05, 0) is 31.9 Å². The molecule has 1 saturated heterocycles. The number of hydrogen-bond donors (Lipinski definition) is 8. The van der Waals surface area contributed by atoms with Crippen molar-refractivity contribution in [2.24, 2.45) is 11.7 Å². The van der Waals surface area contributed by atoms with Crippen molar-refractivity contribution in [1.29, 1.82) is 0 Å². The minimum Gasteiger partial charge on any atom is -0.468 e. The molecule has 0 aromatic rings. The van der Waals surface area contributed by atoms with Gasteiger partial charge in [0.1, 0.15) is 36.8 Å². The Kier molecular flexibility index (Phi) is 11.3. The number of aliphatic hydroxyl groups excluding tert-OH is 4. The van der Waals surface area contributed by atoms with Gasteiger partial charge in [0.25, 0.3) is 0 Å². The Bertz CT molecular complexity index is 730. The van der Waals surface area contributed by atoms with Gasteiger partial charge in [0.15, 0.2) is 12.6 Å². The SMILES string of the molecule is CN[C@@H]1[C@@H](O)[C@@H](O[C@@H]2[C@@H](O)[C@H](O[C@@H]3CCC=C(CNCCO)O3)[C@@H](N)C[C@H]2NC(=O)CO)OC[C@H]1C. The fourth-order valence-corrected chi connectivity index (χ4v) is 5.01. The number of likely N-dealkylation sites (N-methyl/N-ethyl adjacent to an activating group) is 1. The van der Waals surface area contributed by atoms with Gasteiger partial charge < -0.3 is 61.1 Å². The molecule has 0 aromatic heterocycles. The maximum absolute atomic E-state index is 12.0. The predicted octanol–water partition coefficient (Wildman–Crippen LogP) is -3.13. The van der Waals surface area contributed by atoms with Crippen LogP contribution in [0.4, 0.5) is 0 Å². The van der Waals surface area contributed by atoms with Crippen molar-refractivity contribution in [1.82, 2.24) is 16.0 Å². The number of ether oxygens (including phenoxy) is 4. The Morgan fingerprint density at radius 3 is 2.69 bits per heavy atom. The van der Waals surface area contributed by atoms with Crippen molar-refractivity contribution in [3.05, 3.63) is 11.8 Å². The quantitative estimate of drug-likeness (QED) is 0.128. The van der Waals surface area contributed by atoms with Crippen molar-refractivity contribution in [2.45, 2.75) is 81.3 Å². The summed E-state index contributed by atoms with van der Waals surface area (Å²) in [4.78, 5) is 12.0. The summed E-state index contributed by atoms with van der Waals surface area (Å²) >= 11 is 0. The zero-order chi connectivity index (χ0) is 26.2. The number of hydrogen-bond acceptors (Lipinski definition) is 12. The average Bonchev–Trinajstić information content (AvgIpc) is 2.86. The van der Waals surface area contributed by atoms with Gasteiger partial charge >= 0.3 is 0 Å². The van der Waals surface area contributed by atoms with E-state index in [1.165, 1.54) is 0 Å². The van der Waals surface area contributed by atoms with E-state index in [1.807, 2.05) is 13.0 Å². The first-order valence-electron chi connectivity index (χ1n) is 12.6. The molecule has 0 aromatic carbocycles. The van der Waals surface area contributed by atoms with Crippen LogP contribution >= 0.6 is 0 Å². The number of nitrogens with one attached hydrogen (secondary N) is 3. The fraction of sp³-hybridized carbons (Fsp3) is 0.870. The second-order valence-electron chi connectivity index (χ2n) is 9.60. The van der Waals surface area contributed by atoms with Crippen LogP contribution in [0.2, 0.25) is 0 Å². The summed E-state index contributed by atoms with van der Waals surface area (Å²) in [6, 6.07) is -1.70. The normalized spacial score (nSPS) is 39.2. The second kappa shape index (κ2) is 14.0. The molecule has 36 heavy (non-hydrogen) atoms. The van der Waals surface area contributed by atoms with E-state index in [9.17, 15) is 20.1 Å². The van der Waals surface area contributed by atoms with E-state index in [0.717, 1.165) is 0 Å². The summed E-state index contributed by atoms with van der Waals surface area (Å²) in [6.07, 6.45) is -2.52. The maximum atomic E-state index is 12.0. The van der Waals surface area contributed by atoms with Crippen LogP contribution < -0.4 is 21.7 Å². The molecule has 2 aliphatic heterocycles. The maximum Gasteiger partial charge on any atom is 0.246 e. The lowest BCUT2D eigenvalue weighted by atomic mass is 9.83. The van der Waals surface area contributed by atoms with E-state index < -0.39 is 61.6 Å². The Balaban J connectivity index is 1.70. The number of carbonyl (C=O) groups is 1. The molecular formula is C23H42N4O9. The minimum atomic E-state index is -1.29. The zero-order valence-electron chi connectivity index (χ0n) is 20.9. The predicted molar refractivity (Wildman–Crippen MR) is 127 cm³/mol. The van der Waals surface area contributed by atoms with Gasteiger partial charge in [0.05, 0.1) is 25.8 Å². The highest BCUT2D eigenvalue weighted by molar-refractivity contribution is 5.77. The first-order valence-corrected chi connectivity index (χ1v) is 12.6. The van der Waals surface area contributed by atoms with Gasteiger partial charge in [0.2, 0.25) is 5.91 Å². The summed E-state index contributed by atoms with van der Waals surface area (Å²) in [7, 11) is 1.74. The standard InChI is InChI=1S/C23H42N4O9/c1-12-11-33-23(19(31)18(12)25-2)36-22-15(27-16(30)10-29)8-14(24)21(20(22)32)35-17-5-3-4-13(34-17)9-26-6-7-28/h4,12,14-15,17-23,25-26,28-29,31-32H,3,5-11,24H2,1-2H3,(H,27,30)/t12-,14+,15-,17-,18+,19-,20+,21-,22+,23-/m1/s1. The molecule has 9 N–H and O–H groups in total. The number of nitrogens with two attached hydrogens (primary N) is 1. The zero-order valence-corrected chi connectivity index (χ0v) is 20.9. The topological polar surface area (TPSA) is 197 Å². The van der Waals surface area contributed by atoms with Crippen LogP contribution in [-0.2, 0) is 23.7 Å². The molecule has 2 fully saturated rings. The number of carbonyl (C=O) groups excluding carboxylic acids is 1. The number of rotatable bonds is 11. The van der Waals surface area contributed by atoms with Crippen molar-refractivity contribution in [3.63, 3.8) is 0 Å². The third kappa shape index (κ3) is 7.34. The lowest BCUT2D eigenvalue weighted by molar-refractivity contribution is -0.286. The Morgan fingerprint density at radius 1 is 1.22 bits per heavy atom. The highest BCUT2D eigenvalue weighted by atomic mass is 16.7. The van der Waals surface area contributed by atoms with Crippen molar-refractivity contribution in [2.75, 3.05) is 40.0 Å². The second-order valence-corrected chi connectivity index (χ2v) is 9.60. The molecule has 1 aliphatic carbocycles. The fourth-order valence-electron chi connectivity index (χ4n) is 5.01. The highest BCUT2D eigenvalue weighted by Gasteiger charge is 2.49. The monoisotopic (exact) mass is 518 g/mol. The molecule has 10 atom stereocenters. The largest absolute Gasteiger partial charge is 0.468 e. The molecule has 2 heterocycles. The molecule has 208 valence electrons. The molecule has 1 saturated carbocycles. The summed E-state index contributed by atoms with van der Waals surface area (Å²) in [6.45, 7) is 2.42. The summed E-state index contributed by atoms with van der Waals surface area (Å²) in [5.41, 5.74) is 6.36.